The van der Waals surface area contributed by atoms with Crippen LogP contribution < -0.4 is 14.2 Å². The average molecular weight is 416 g/mol. The zero-order valence-electron chi connectivity index (χ0n) is 17.0. The average Bonchev–Trinajstić information content (AvgIpc) is 2.76. The molecule has 0 radical (unpaired) electrons. The van der Waals surface area contributed by atoms with Gasteiger partial charge in [0.1, 0.15) is 11.5 Å². The van der Waals surface area contributed by atoms with E-state index in [0.717, 1.165) is 6.07 Å². The molecule has 1 heterocycles. The Hall–Kier alpha value is -3.62. The predicted molar refractivity (Wildman–Crippen MR) is 108 cm³/mol. The third-order valence-electron chi connectivity index (χ3n) is 4.92. The smallest absolute Gasteiger partial charge is 0.254 e. The first-order valence-corrected chi connectivity index (χ1v) is 9.29. The van der Waals surface area contributed by atoms with Crippen LogP contribution in [0.2, 0.25) is 0 Å². The van der Waals surface area contributed by atoms with Crippen molar-refractivity contribution in [2.75, 3.05) is 47.5 Å². The molecule has 30 heavy (non-hydrogen) atoms. The molecule has 0 saturated carbocycles. The van der Waals surface area contributed by atoms with Crippen molar-refractivity contribution >= 4 is 11.8 Å². The van der Waals surface area contributed by atoms with E-state index in [0.29, 0.717) is 49.0 Å². The highest BCUT2D eigenvalue weighted by Crippen LogP contribution is 2.38. The van der Waals surface area contributed by atoms with E-state index < -0.39 is 0 Å². The molecule has 1 aliphatic heterocycles. The lowest BCUT2D eigenvalue weighted by atomic mass is 10.1. The van der Waals surface area contributed by atoms with Crippen molar-refractivity contribution in [3.05, 3.63) is 41.5 Å². The number of benzene rings is 2. The van der Waals surface area contributed by atoms with E-state index in [9.17, 15) is 19.8 Å². The van der Waals surface area contributed by atoms with Crippen molar-refractivity contribution in [3.8, 4) is 28.7 Å². The highest BCUT2D eigenvalue weighted by Gasteiger charge is 2.27. The number of carbonyl (C=O) groups excluding carboxylic acids is 2. The van der Waals surface area contributed by atoms with E-state index in [1.165, 1.54) is 33.5 Å². The molecule has 2 aromatic rings. The summed E-state index contributed by atoms with van der Waals surface area (Å²) in [5.41, 5.74) is 0.582. The lowest BCUT2D eigenvalue weighted by Crippen LogP contribution is -2.50. The first-order chi connectivity index (χ1) is 14.4. The molecule has 0 spiro atoms. The van der Waals surface area contributed by atoms with Gasteiger partial charge in [-0.05, 0) is 24.3 Å². The minimum atomic E-state index is -0.318. The SMILES string of the molecule is COc1cc(C(=O)N2CCN(C(=O)c3cc(O)cc(O)c3)CC2)cc(OC)c1OC. The predicted octanol–water partition coefficient (Wildman–Crippen LogP) is 1.72. The summed E-state index contributed by atoms with van der Waals surface area (Å²) in [6, 6.07) is 6.95. The Morgan fingerprint density at radius 1 is 0.700 bits per heavy atom. The zero-order chi connectivity index (χ0) is 21.8. The van der Waals surface area contributed by atoms with E-state index in [-0.39, 0.29) is 28.9 Å². The highest BCUT2D eigenvalue weighted by molar-refractivity contribution is 5.97. The molecule has 0 unspecified atom stereocenters. The molecular formula is C21H24N2O7. The number of methoxy groups -OCH3 is 3. The summed E-state index contributed by atoms with van der Waals surface area (Å²) in [4.78, 5) is 28.8. The van der Waals surface area contributed by atoms with Gasteiger partial charge in [0.25, 0.3) is 11.8 Å². The minimum absolute atomic E-state index is 0.186. The van der Waals surface area contributed by atoms with Crippen LogP contribution in [-0.4, -0.2) is 79.3 Å². The molecule has 1 aliphatic rings. The van der Waals surface area contributed by atoms with Gasteiger partial charge < -0.3 is 34.2 Å². The zero-order valence-corrected chi connectivity index (χ0v) is 17.0. The summed E-state index contributed by atoms with van der Waals surface area (Å²) in [5, 5.41) is 19.2. The second-order valence-corrected chi connectivity index (χ2v) is 6.74. The first kappa shape index (κ1) is 21.1. The van der Waals surface area contributed by atoms with Crippen molar-refractivity contribution in [1.82, 2.24) is 9.80 Å². The van der Waals surface area contributed by atoms with Gasteiger partial charge in [-0.25, -0.2) is 0 Å². The lowest BCUT2D eigenvalue weighted by molar-refractivity contribution is 0.0535. The van der Waals surface area contributed by atoms with E-state index in [4.69, 9.17) is 14.2 Å². The number of carbonyl (C=O) groups is 2. The number of aromatic hydroxyl groups is 2. The van der Waals surface area contributed by atoms with E-state index in [1.54, 1.807) is 21.9 Å². The van der Waals surface area contributed by atoms with Crippen molar-refractivity contribution < 1.29 is 34.0 Å². The monoisotopic (exact) mass is 416 g/mol. The molecule has 9 heteroatoms. The van der Waals surface area contributed by atoms with Crippen LogP contribution in [0.25, 0.3) is 0 Å². The van der Waals surface area contributed by atoms with Gasteiger partial charge in [0.2, 0.25) is 5.75 Å². The molecule has 2 aromatic carbocycles. The third-order valence-corrected chi connectivity index (χ3v) is 4.92. The van der Waals surface area contributed by atoms with Crippen LogP contribution in [-0.2, 0) is 0 Å². The van der Waals surface area contributed by atoms with Gasteiger partial charge in [0.05, 0.1) is 21.3 Å². The molecule has 0 atom stereocenters. The normalized spacial score (nSPS) is 13.7. The van der Waals surface area contributed by atoms with E-state index >= 15 is 0 Å². The van der Waals surface area contributed by atoms with E-state index in [2.05, 4.69) is 0 Å². The fourth-order valence-corrected chi connectivity index (χ4v) is 3.40. The summed E-state index contributed by atoms with van der Waals surface area (Å²) in [5.74, 6) is 0.276. The Balaban J connectivity index is 1.72. The molecule has 1 fully saturated rings. The second kappa shape index (κ2) is 8.81. The van der Waals surface area contributed by atoms with Crippen LogP contribution >= 0.6 is 0 Å². The Morgan fingerprint density at radius 2 is 1.10 bits per heavy atom. The standard InChI is InChI=1S/C21H24N2O7/c1-28-17-10-14(11-18(29-2)19(17)30-3)21(27)23-6-4-22(5-7-23)20(26)13-8-15(24)12-16(25)9-13/h8-12,24-25H,4-7H2,1-3H3. The third kappa shape index (κ3) is 4.19. The van der Waals surface area contributed by atoms with Crippen LogP contribution in [0.3, 0.4) is 0 Å². The van der Waals surface area contributed by atoms with Crippen molar-refractivity contribution in [3.63, 3.8) is 0 Å². The first-order valence-electron chi connectivity index (χ1n) is 9.29. The number of phenols is 2. The van der Waals surface area contributed by atoms with Gasteiger partial charge in [-0.2, -0.15) is 0 Å². The summed E-state index contributed by atoms with van der Waals surface area (Å²) >= 11 is 0. The van der Waals surface area contributed by atoms with Gasteiger partial charge in [-0.15, -0.1) is 0 Å². The maximum absolute atomic E-state index is 13.0. The quantitative estimate of drug-likeness (QED) is 0.764. The fraction of sp³-hybridized carbons (Fsp3) is 0.333. The maximum atomic E-state index is 13.0. The lowest BCUT2D eigenvalue weighted by Gasteiger charge is -2.35. The van der Waals surface area contributed by atoms with Crippen LogP contribution in [0.1, 0.15) is 20.7 Å². The highest BCUT2D eigenvalue weighted by atomic mass is 16.5. The summed E-state index contributed by atoms with van der Waals surface area (Å²) in [6.07, 6.45) is 0. The largest absolute Gasteiger partial charge is 0.508 e. The number of phenolic OH excluding ortho intramolecular Hbond substituents is 2. The van der Waals surface area contributed by atoms with Crippen molar-refractivity contribution in [1.29, 1.82) is 0 Å². The van der Waals surface area contributed by atoms with E-state index in [1.807, 2.05) is 0 Å². The molecule has 0 aliphatic carbocycles. The van der Waals surface area contributed by atoms with Gasteiger partial charge >= 0.3 is 0 Å². The molecule has 0 aromatic heterocycles. The number of amides is 2. The summed E-state index contributed by atoms with van der Waals surface area (Å²) in [7, 11) is 4.45. The Morgan fingerprint density at radius 3 is 1.47 bits per heavy atom. The summed E-state index contributed by atoms with van der Waals surface area (Å²) in [6.45, 7) is 1.33. The van der Waals surface area contributed by atoms with Crippen molar-refractivity contribution in [2.24, 2.45) is 0 Å². The maximum Gasteiger partial charge on any atom is 0.254 e. The van der Waals surface area contributed by atoms with Crippen LogP contribution in [0.15, 0.2) is 30.3 Å². The van der Waals surface area contributed by atoms with Gasteiger partial charge in [-0.1, -0.05) is 0 Å². The number of hydrogen-bond acceptors (Lipinski definition) is 7. The second-order valence-electron chi connectivity index (χ2n) is 6.74. The molecule has 0 bridgehead atoms. The van der Waals surface area contributed by atoms with Gasteiger partial charge in [-0.3, -0.25) is 9.59 Å². The number of rotatable bonds is 5. The minimum Gasteiger partial charge on any atom is -0.508 e. The topological polar surface area (TPSA) is 109 Å². The number of hydrogen-bond donors (Lipinski definition) is 2. The van der Waals surface area contributed by atoms with Crippen LogP contribution in [0.4, 0.5) is 0 Å². The Labute approximate surface area is 174 Å². The number of ether oxygens (including phenoxy) is 3. The van der Waals surface area contributed by atoms with Gasteiger partial charge in [0.15, 0.2) is 11.5 Å². The van der Waals surface area contributed by atoms with Crippen LogP contribution in [0.5, 0.6) is 28.7 Å². The Kier molecular flexibility index (Phi) is 6.20. The molecular weight excluding hydrogens is 392 g/mol. The number of piperazine rings is 1. The molecule has 1 saturated heterocycles. The Bertz CT molecular complexity index is 907. The number of nitrogens with zero attached hydrogens (tertiary/aromatic N) is 2. The molecule has 2 amide bonds. The molecule has 2 N–H and O–H groups in total. The van der Waals surface area contributed by atoms with Crippen molar-refractivity contribution in [2.45, 2.75) is 0 Å². The fourth-order valence-electron chi connectivity index (χ4n) is 3.40. The molecule has 9 nitrogen and oxygen atoms in total. The molecule has 160 valence electrons. The van der Waals surface area contributed by atoms with Crippen LogP contribution in [0, 0.1) is 0 Å². The molecule has 3 rings (SSSR count). The summed E-state index contributed by atoms with van der Waals surface area (Å²) < 4.78 is 15.9. The van der Waals surface area contributed by atoms with Gasteiger partial charge in [0, 0.05) is 43.4 Å².